The number of aliphatic hydroxyl groups is 7. The molecule has 10 atom stereocenters. The molecule has 0 aliphatic carbocycles. The van der Waals surface area contributed by atoms with E-state index in [2.05, 4.69) is 5.32 Å². The molecule has 8 N–H and O–H groups in total. The van der Waals surface area contributed by atoms with Crippen molar-refractivity contribution in [1.82, 2.24) is 5.32 Å². The van der Waals surface area contributed by atoms with Gasteiger partial charge in [-0.1, -0.05) is 0 Å². The third kappa shape index (κ3) is 4.31. The summed E-state index contributed by atoms with van der Waals surface area (Å²) in [5.41, 5.74) is 0. The van der Waals surface area contributed by atoms with Gasteiger partial charge in [0.15, 0.2) is 12.6 Å². The summed E-state index contributed by atoms with van der Waals surface area (Å²) in [6.45, 7) is -0.199. The minimum absolute atomic E-state index is 0.581. The van der Waals surface area contributed by atoms with Crippen LogP contribution < -0.4 is 5.32 Å². The van der Waals surface area contributed by atoms with Crippen molar-refractivity contribution in [2.75, 3.05) is 13.2 Å². The Morgan fingerprint density at radius 1 is 0.923 bits per heavy atom. The highest BCUT2D eigenvalue weighted by Gasteiger charge is 2.50. The van der Waals surface area contributed by atoms with Crippen molar-refractivity contribution in [1.29, 1.82) is 0 Å². The maximum absolute atomic E-state index is 11.4. The van der Waals surface area contributed by atoms with Crippen LogP contribution in [0, 0.1) is 0 Å². The highest BCUT2D eigenvalue weighted by molar-refractivity contribution is 5.73. The predicted octanol–water partition coefficient (Wildman–Crippen LogP) is -5.25. The fourth-order valence-electron chi connectivity index (χ4n) is 2.97. The quantitative estimate of drug-likeness (QED) is 0.226. The number of carbonyl (C=O) groups is 1. The van der Waals surface area contributed by atoms with Crippen molar-refractivity contribution in [3.63, 3.8) is 0 Å². The third-order valence-electron chi connectivity index (χ3n) is 4.38. The Labute approximate surface area is 148 Å². The zero-order valence-corrected chi connectivity index (χ0v) is 14.0. The van der Waals surface area contributed by atoms with Gasteiger partial charge in [-0.2, -0.15) is 0 Å². The van der Waals surface area contributed by atoms with Crippen molar-refractivity contribution >= 4 is 5.91 Å². The molecule has 0 aromatic carbocycles. The molecular formula is C14H25NO11. The van der Waals surface area contributed by atoms with Crippen LogP contribution in [-0.2, 0) is 19.0 Å². The summed E-state index contributed by atoms with van der Waals surface area (Å²) < 4.78 is 15.6. The number of aliphatic hydroxyl groups excluding tert-OH is 7. The number of nitrogens with one attached hydrogen (secondary N) is 1. The van der Waals surface area contributed by atoms with E-state index in [4.69, 9.17) is 14.2 Å². The highest BCUT2D eigenvalue weighted by Crippen LogP contribution is 2.28. The number of hydrogen-bond donors (Lipinski definition) is 8. The van der Waals surface area contributed by atoms with Crippen LogP contribution in [0.2, 0.25) is 0 Å². The summed E-state index contributed by atoms with van der Waals surface area (Å²) in [4.78, 5) is 11.4. The van der Waals surface area contributed by atoms with Crippen LogP contribution in [0.3, 0.4) is 0 Å². The molecule has 12 nitrogen and oxygen atoms in total. The summed E-state index contributed by atoms with van der Waals surface area (Å²) in [6, 6.07) is -1.29. The lowest BCUT2D eigenvalue weighted by molar-refractivity contribution is -0.341. The smallest absolute Gasteiger partial charge is 0.217 e. The first kappa shape index (κ1) is 21.4. The highest BCUT2D eigenvalue weighted by atomic mass is 16.7. The van der Waals surface area contributed by atoms with Crippen molar-refractivity contribution in [3.8, 4) is 0 Å². The lowest BCUT2D eigenvalue weighted by atomic mass is 9.95. The number of amides is 1. The minimum Gasteiger partial charge on any atom is -0.394 e. The molecule has 2 heterocycles. The second kappa shape index (κ2) is 8.84. The normalized spacial score (nSPS) is 46.8. The van der Waals surface area contributed by atoms with Crippen LogP contribution in [0.1, 0.15) is 6.92 Å². The van der Waals surface area contributed by atoms with E-state index in [0.717, 1.165) is 6.92 Å². The molecule has 0 unspecified atom stereocenters. The Balaban J connectivity index is 2.22. The molecule has 0 aromatic rings. The fourth-order valence-corrected chi connectivity index (χ4v) is 2.97. The molecule has 26 heavy (non-hydrogen) atoms. The molecular weight excluding hydrogens is 358 g/mol. The van der Waals surface area contributed by atoms with E-state index in [-0.39, 0.29) is 0 Å². The monoisotopic (exact) mass is 383 g/mol. The SMILES string of the molecule is CC(=O)N[C@H]1[C@@H](O[C@@H]2[C@@H](O)[C@@H](O)O[C@H](CO)[C@@H]2O)O[C@H](CO)[C@H](O)[C@@H]1O. The van der Waals surface area contributed by atoms with E-state index >= 15 is 0 Å². The van der Waals surface area contributed by atoms with E-state index in [0.29, 0.717) is 0 Å². The van der Waals surface area contributed by atoms with Crippen LogP contribution in [0.15, 0.2) is 0 Å². The average molecular weight is 383 g/mol. The second-order valence-electron chi connectivity index (χ2n) is 6.26. The lowest BCUT2D eigenvalue weighted by Crippen LogP contribution is -2.67. The van der Waals surface area contributed by atoms with E-state index in [1.54, 1.807) is 0 Å². The summed E-state index contributed by atoms with van der Waals surface area (Å²) in [5.74, 6) is -0.581. The molecule has 2 rings (SSSR count). The number of rotatable bonds is 5. The topological polar surface area (TPSA) is 198 Å². The fraction of sp³-hybridized carbons (Fsp3) is 0.929. The van der Waals surface area contributed by atoms with Crippen molar-refractivity contribution < 1.29 is 54.8 Å². The van der Waals surface area contributed by atoms with Crippen molar-refractivity contribution in [2.24, 2.45) is 0 Å². The molecule has 152 valence electrons. The first-order chi connectivity index (χ1) is 12.2. The Morgan fingerprint density at radius 3 is 2.04 bits per heavy atom. The summed E-state index contributed by atoms with van der Waals surface area (Å²) in [7, 11) is 0. The molecule has 12 heteroatoms. The van der Waals surface area contributed by atoms with E-state index in [1.807, 2.05) is 0 Å². The molecule has 0 aromatic heterocycles. The maximum Gasteiger partial charge on any atom is 0.217 e. The van der Waals surface area contributed by atoms with Gasteiger partial charge in [-0.15, -0.1) is 0 Å². The Hall–Kier alpha value is -0.930. The first-order valence-electron chi connectivity index (χ1n) is 8.06. The van der Waals surface area contributed by atoms with Crippen LogP contribution in [-0.4, -0.2) is 116 Å². The van der Waals surface area contributed by atoms with E-state index in [1.165, 1.54) is 0 Å². The minimum atomic E-state index is -1.77. The summed E-state index contributed by atoms with van der Waals surface area (Å²) in [6.07, 6.45) is -13.7. The van der Waals surface area contributed by atoms with Crippen LogP contribution in [0.5, 0.6) is 0 Å². The number of ether oxygens (including phenoxy) is 3. The van der Waals surface area contributed by atoms with Crippen molar-refractivity contribution in [2.45, 2.75) is 68.3 Å². The van der Waals surface area contributed by atoms with Gasteiger partial charge in [-0.3, -0.25) is 4.79 Å². The lowest BCUT2D eigenvalue weighted by Gasteiger charge is -2.46. The molecule has 1 amide bonds. The molecule has 0 bridgehead atoms. The second-order valence-corrected chi connectivity index (χ2v) is 6.26. The van der Waals surface area contributed by atoms with Gasteiger partial charge in [-0.05, 0) is 0 Å². The van der Waals surface area contributed by atoms with Gasteiger partial charge in [0.05, 0.1) is 13.2 Å². The van der Waals surface area contributed by atoms with Crippen LogP contribution >= 0.6 is 0 Å². The van der Waals surface area contributed by atoms with Gasteiger partial charge >= 0.3 is 0 Å². The number of hydrogen-bond acceptors (Lipinski definition) is 11. The van der Waals surface area contributed by atoms with Gasteiger partial charge in [-0.25, -0.2) is 0 Å². The number of carbonyl (C=O) groups excluding carboxylic acids is 1. The molecule has 0 saturated carbocycles. The Morgan fingerprint density at radius 2 is 1.50 bits per heavy atom. The molecule has 2 aliphatic heterocycles. The van der Waals surface area contributed by atoms with Crippen LogP contribution in [0.4, 0.5) is 0 Å². The maximum atomic E-state index is 11.4. The van der Waals surface area contributed by atoms with Gasteiger partial charge in [0.1, 0.15) is 48.8 Å². The predicted molar refractivity (Wildman–Crippen MR) is 80.2 cm³/mol. The summed E-state index contributed by atoms with van der Waals surface area (Å²) in [5, 5.41) is 70.8. The largest absolute Gasteiger partial charge is 0.394 e. The van der Waals surface area contributed by atoms with E-state index in [9.17, 15) is 40.5 Å². The third-order valence-corrected chi connectivity index (χ3v) is 4.38. The Kier molecular flexibility index (Phi) is 7.27. The standard InChI is InChI=1S/C14H25NO11/c1-4(18)15-7-10(21)8(19)5(2-16)25-14(7)26-12-9(20)6(3-17)24-13(23)11(12)22/h5-14,16-17,19-23H,2-3H2,1H3,(H,15,18)/t5-,6-,7-,8+,9+,10-,11-,12+,13+,14-/m1/s1. The van der Waals surface area contributed by atoms with Gasteiger partial charge in [0, 0.05) is 6.92 Å². The van der Waals surface area contributed by atoms with Gasteiger partial charge in [0.2, 0.25) is 5.91 Å². The zero-order valence-electron chi connectivity index (χ0n) is 14.0. The average Bonchev–Trinajstić information content (AvgIpc) is 2.60. The van der Waals surface area contributed by atoms with Crippen molar-refractivity contribution in [3.05, 3.63) is 0 Å². The van der Waals surface area contributed by atoms with Gasteiger partial charge in [0.25, 0.3) is 0 Å². The van der Waals surface area contributed by atoms with Gasteiger partial charge < -0.3 is 55.3 Å². The molecule has 0 radical (unpaired) electrons. The molecule has 2 saturated heterocycles. The Bertz CT molecular complexity index is 480. The first-order valence-corrected chi connectivity index (χ1v) is 8.06. The molecule has 2 aliphatic rings. The molecule has 0 spiro atoms. The van der Waals surface area contributed by atoms with Crippen LogP contribution in [0.25, 0.3) is 0 Å². The summed E-state index contributed by atoms with van der Waals surface area (Å²) >= 11 is 0. The van der Waals surface area contributed by atoms with E-state index < -0.39 is 80.5 Å². The molecule has 2 fully saturated rings. The zero-order chi connectivity index (χ0) is 19.6.